The van der Waals surface area contributed by atoms with Crippen LogP contribution in [0.1, 0.15) is 20.8 Å². The van der Waals surface area contributed by atoms with E-state index in [9.17, 15) is 0 Å². The molecular formula is C11H12ClNSSn. The molecule has 0 saturated heterocycles. The summed E-state index contributed by atoms with van der Waals surface area (Å²) in [6.45, 7) is 6.95. The molecule has 0 bridgehead atoms. The summed E-state index contributed by atoms with van der Waals surface area (Å²) in [6.07, 6.45) is 1.78. The first-order valence-electron chi connectivity index (χ1n) is 4.78. The van der Waals surface area contributed by atoms with Gasteiger partial charge < -0.3 is 0 Å². The molecule has 0 fully saturated rings. The van der Waals surface area contributed by atoms with Crippen LogP contribution >= 0.6 is 22.9 Å². The van der Waals surface area contributed by atoms with Gasteiger partial charge in [-0.05, 0) is 0 Å². The average molecular weight is 344 g/mol. The predicted octanol–water partition coefficient (Wildman–Crippen LogP) is 3.50. The van der Waals surface area contributed by atoms with Crippen molar-refractivity contribution in [3.63, 3.8) is 0 Å². The molecule has 0 amide bonds. The van der Waals surface area contributed by atoms with Crippen LogP contribution in [0.5, 0.6) is 0 Å². The van der Waals surface area contributed by atoms with E-state index in [2.05, 4.69) is 31.8 Å². The third-order valence-electron chi connectivity index (χ3n) is 1.86. The summed E-state index contributed by atoms with van der Waals surface area (Å²) in [5.74, 6) is 0. The fourth-order valence-corrected chi connectivity index (χ4v) is 8.50. The number of hydrogen-bond acceptors (Lipinski definition) is 2. The number of thiophene rings is 1. The van der Waals surface area contributed by atoms with Crippen molar-refractivity contribution >= 4 is 57.2 Å². The number of aromatic nitrogens is 1. The molecular weight excluding hydrogens is 332 g/mol. The van der Waals surface area contributed by atoms with E-state index in [0.29, 0.717) is 3.43 Å². The molecule has 78 valence electrons. The zero-order valence-electron chi connectivity index (χ0n) is 8.97. The topological polar surface area (TPSA) is 12.9 Å². The molecule has 2 heterocycles. The number of halogens is 1. The predicted molar refractivity (Wildman–Crippen MR) is 69.7 cm³/mol. The molecule has 2 aromatic rings. The number of fused-ring (bicyclic) bond motifs is 1. The Morgan fingerprint density at radius 1 is 1.40 bits per heavy atom. The van der Waals surface area contributed by atoms with Gasteiger partial charge in [0, 0.05) is 0 Å². The summed E-state index contributed by atoms with van der Waals surface area (Å²) in [5, 5.41) is 0.838. The molecule has 1 nitrogen and oxygen atoms in total. The van der Waals surface area contributed by atoms with Crippen LogP contribution in [0, 0.1) is 0 Å². The number of hydrogen-bond donors (Lipinski definition) is 0. The molecule has 0 N–H and O–H groups in total. The summed E-state index contributed by atoms with van der Waals surface area (Å²) in [7, 11) is 0. The second-order valence-electron chi connectivity index (χ2n) is 4.49. The Morgan fingerprint density at radius 2 is 2.13 bits per heavy atom. The van der Waals surface area contributed by atoms with Gasteiger partial charge in [-0.3, -0.25) is 0 Å². The van der Waals surface area contributed by atoms with Crippen LogP contribution in [0.25, 0.3) is 10.2 Å². The third kappa shape index (κ3) is 2.86. The number of rotatable bonds is 1. The average Bonchev–Trinajstić information content (AvgIpc) is 2.45. The minimum atomic E-state index is -0.520. The maximum atomic E-state index is 6.13. The van der Waals surface area contributed by atoms with E-state index >= 15 is 0 Å². The Labute approximate surface area is 109 Å². The Balaban J connectivity index is 2.44. The molecule has 2 aromatic heterocycles. The van der Waals surface area contributed by atoms with E-state index in [1.165, 1.54) is 2.89 Å². The van der Waals surface area contributed by atoms with Gasteiger partial charge >= 0.3 is 110 Å². The number of nitrogens with zero attached hydrogens (tertiary/aromatic N) is 1. The van der Waals surface area contributed by atoms with Crippen molar-refractivity contribution in [2.24, 2.45) is 0 Å². The Hall–Kier alpha value is 0.199. The second-order valence-corrected chi connectivity index (χ2v) is 13.5. The number of pyridine rings is 1. The fraction of sp³-hybridized carbons (Fsp3) is 0.364. The van der Waals surface area contributed by atoms with Crippen molar-refractivity contribution in [2.45, 2.75) is 24.2 Å². The van der Waals surface area contributed by atoms with Gasteiger partial charge in [0.05, 0.1) is 0 Å². The van der Waals surface area contributed by atoms with Crippen LogP contribution in [0.3, 0.4) is 0 Å². The van der Waals surface area contributed by atoms with Crippen molar-refractivity contribution in [1.29, 1.82) is 0 Å². The van der Waals surface area contributed by atoms with E-state index in [1.54, 1.807) is 6.20 Å². The molecule has 4 heteroatoms. The molecule has 0 aromatic carbocycles. The summed E-state index contributed by atoms with van der Waals surface area (Å²) in [5.41, 5.74) is 1.06. The van der Waals surface area contributed by atoms with Gasteiger partial charge in [-0.2, -0.15) is 0 Å². The van der Waals surface area contributed by atoms with Gasteiger partial charge in [-0.15, -0.1) is 0 Å². The Kier molecular flexibility index (Phi) is 3.29. The molecule has 0 saturated carbocycles. The third-order valence-corrected chi connectivity index (χ3v) is 8.07. The fourth-order valence-electron chi connectivity index (χ4n) is 1.34. The first-order valence-corrected chi connectivity index (χ1v) is 8.83. The van der Waals surface area contributed by atoms with Crippen LogP contribution < -0.4 is 2.89 Å². The molecule has 0 aliphatic carbocycles. The molecule has 0 atom stereocenters. The van der Waals surface area contributed by atoms with Gasteiger partial charge in [0.25, 0.3) is 0 Å². The molecule has 0 spiro atoms. The molecule has 2 rings (SSSR count). The van der Waals surface area contributed by atoms with Gasteiger partial charge in [0.2, 0.25) is 0 Å². The van der Waals surface area contributed by atoms with Gasteiger partial charge in [-0.1, -0.05) is 0 Å². The second kappa shape index (κ2) is 4.22. The van der Waals surface area contributed by atoms with Crippen LogP contribution in [-0.2, 0) is 0 Å². The van der Waals surface area contributed by atoms with E-state index in [-0.39, 0.29) is 0 Å². The maximum absolute atomic E-state index is 6.13. The first kappa shape index (κ1) is 11.7. The van der Waals surface area contributed by atoms with E-state index in [1.807, 2.05) is 17.4 Å². The zero-order chi connectivity index (χ0) is 11.1. The summed E-state index contributed by atoms with van der Waals surface area (Å²) >= 11 is 7.44. The van der Waals surface area contributed by atoms with Crippen molar-refractivity contribution in [2.75, 3.05) is 0 Å². The quantitative estimate of drug-likeness (QED) is 0.722. The van der Waals surface area contributed by atoms with E-state index < -0.39 is 21.1 Å². The van der Waals surface area contributed by atoms with Crippen molar-refractivity contribution in [3.8, 4) is 0 Å². The van der Waals surface area contributed by atoms with Crippen LogP contribution in [0.4, 0.5) is 0 Å². The van der Waals surface area contributed by atoms with Gasteiger partial charge in [0.1, 0.15) is 0 Å². The van der Waals surface area contributed by atoms with E-state index in [4.69, 9.17) is 11.6 Å². The van der Waals surface area contributed by atoms with Gasteiger partial charge in [0.15, 0.2) is 0 Å². The normalized spacial score (nSPS) is 12.3. The first-order chi connectivity index (χ1) is 6.96. The van der Waals surface area contributed by atoms with Crippen molar-refractivity contribution < 1.29 is 0 Å². The molecule has 15 heavy (non-hydrogen) atoms. The SMILES string of the molecule is C[C](C)(C)[Sn][c]1cc2nccc(Cl)c2s1. The Morgan fingerprint density at radius 3 is 2.73 bits per heavy atom. The van der Waals surface area contributed by atoms with Crippen molar-refractivity contribution in [1.82, 2.24) is 4.98 Å². The Bertz CT molecular complexity index is 487. The summed E-state index contributed by atoms with van der Waals surface area (Å²) < 4.78 is 3.16. The molecule has 0 aliphatic heterocycles. The molecule has 2 radical (unpaired) electrons. The zero-order valence-corrected chi connectivity index (χ0v) is 13.4. The molecule has 0 unspecified atom stereocenters. The van der Waals surface area contributed by atoms with Gasteiger partial charge in [-0.25, -0.2) is 0 Å². The van der Waals surface area contributed by atoms with Crippen LogP contribution in [0.2, 0.25) is 8.45 Å². The summed E-state index contributed by atoms with van der Waals surface area (Å²) in [4.78, 5) is 4.35. The standard InChI is InChI=1S/C7H3ClNS.C4H9.Sn/c8-5-1-3-9-6-2-4-10-7(5)6;1-4(2)3;/h1-3H;1-3H3;. The van der Waals surface area contributed by atoms with E-state index in [0.717, 1.165) is 15.2 Å². The van der Waals surface area contributed by atoms with Crippen LogP contribution in [-0.4, -0.2) is 26.1 Å². The monoisotopic (exact) mass is 345 g/mol. The minimum absolute atomic E-state index is 0.483. The molecule has 0 aliphatic rings. The van der Waals surface area contributed by atoms with Crippen molar-refractivity contribution in [3.05, 3.63) is 23.4 Å². The summed E-state index contributed by atoms with van der Waals surface area (Å²) in [6, 6.07) is 4.09. The van der Waals surface area contributed by atoms with Crippen LogP contribution in [0.15, 0.2) is 18.3 Å².